The molecular formula is C22H37N5O. The van der Waals surface area contributed by atoms with Gasteiger partial charge in [-0.3, -0.25) is 4.90 Å². The lowest BCUT2D eigenvalue weighted by Crippen LogP contribution is -2.41. The Balaban J connectivity index is 1.48. The van der Waals surface area contributed by atoms with Gasteiger partial charge in [-0.25, -0.2) is 4.99 Å². The van der Waals surface area contributed by atoms with E-state index < -0.39 is 0 Å². The predicted molar refractivity (Wildman–Crippen MR) is 116 cm³/mol. The molecule has 156 valence electrons. The van der Waals surface area contributed by atoms with Crippen LogP contribution in [0.15, 0.2) is 29.3 Å². The van der Waals surface area contributed by atoms with Crippen molar-refractivity contribution in [1.29, 1.82) is 0 Å². The molecule has 1 aromatic carbocycles. The monoisotopic (exact) mass is 387 g/mol. The van der Waals surface area contributed by atoms with Gasteiger partial charge in [-0.15, -0.1) is 0 Å². The van der Waals surface area contributed by atoms with Crippen molar-refractivity contribution in [1.82, 2.24) is 20.4 Å². The Morgan fingerprint density at radius 1 is 1.07 bits per heavy atom. The van der Waals surface area contributed by atoms with E-state index in [0.717, 1.165) is 45.2 Å². The number of nitrogens with one attached hydrogen (secondary N) is 2. The van der Waals surface area contributed by atoms with Crippen molar-refractivity contribution in [2.24, 2.45) is 4.99 Å². The minimum absolute atomic E-state index is 0.321. The van der Waals surface area contributed by atoms with Crippen molar-refractivity contribution in [2.45, 2.75) is 45.4 Å². The van der Waals surface area contributed by atoms with Crippen molar-refractivity contribution >= 4 is 5.96 Å². The van der Waals surface area contributed by atoms with Gasteiger partial charge >= 0.3 is 0 Å². The molecule has 1 aromatic rings. The molecule has 1 unspecified atom stereocenters. The SMILES string of the molecule is CCNC(=NCc1ccc(CN2CCCN(C)CC2)cc1)NCC1CCCO1. The van der Waals surface area contributed by atoms with Gasteiger partial charge in [0, 0.05) is 39.3 Å². The maximum Gasteiger partial charge on any atom is 0.191 e. The summed E-state index contributed by atoms with van der Waals surface area (Å²) in [5, 5.41) is 6.74. The zero-order valence-electron chi connectivity index (χ0n) is 17.6. The summed E-state index contributed by atoms with van der Waals surface area (Å²) in [6.07, 6.45) is 3.89. The molecule has 0 saturated carbocycles. The van der Waals surface area contributed by atoms with Crippen LogP contribution in [-0.4, -0.2) is 74.8 Å². The summed E-state index contributed by atoms with van der Waals surface area (Å²) >= 11 is 0. The molecule has 2 aliphatic rings. The first-order chi connectivity index (χ1) is 13.7. The maximum absolute atomic E-state index is 5.68. The molecule has 6 nitrogen and oxygen atoms in total. The second kappa shape index (κ2) is 11.4. The average Bonchev–Trinajstić information content (AvgIpc) is 3.14. The fourth-order valence-electron chi connectivity index (χ4n) is 3.79. The first-order valence-electron chi connectivity index (χ1n) is 10.9. The summed E-state index contributed by atoms with van der Waals surface area (Å²) in [5.41, 5.74) is 2.63. The molecule has 28 heavy (non-hydrogen) atoms. The van der Waals surface area contributed by atoms with Gasteiger partial charge in [0.1, 0.15) is 0 Å². The van der Waals surface area contributed by atoms with Crippen LogP contribution in [0, 0.1) is 0 Å². The number of nitrogens with zero attached hydrogens (tertiary/aromatic N) is 3. The van der Waals surface area contributed by atoms with Gasteiger partial charge in [-0.2, -0.15) is 0 Å². The lowest BCUT2D eigenvalue weighted by Gasteiger charge is -2.20. The molecule has 0 spiro atoms. The molecule has 2 aliphatic heterocycles. The number of hydrogen-bond donors (Lipinski definition) is 2. The molecule has 6 heteroatoms. The van der Waals surface area contributed by atoms with Crippen molar-refractivity contribution in [3.8, 4) is 0 Å². The lowest BCUT2D eigenvalue weighted by molar-refractivity contribution is 0.114. The third-order valence-electron chi connectivity index (χ3n) is 5.53. The van der Waals surface area contributed by atoms with Crippen LogP contribution in [0.1, 0.15) is 37.3 Å². The fourth-order valence-corrected chi connectivity index (χ4v) is 3.79. The topological polar surface area (TPSA) is 52.1 Å². The Morgan fingerprint density at radius 2 is 1.89 bits per heavy atom. The van der Waals surface area contributed by atoms with Crippen LogP contribution in [0.5, 0.6) is 0 Å². The molecule has 0 amide bonds. The van der Waals surface area contributed by atoms with E-state index in [9.17, 15) is 0 Å². The quantitative estimate of drug-likeness (QED) is 0.554. The smallest absolute Gasteiger partial charge is 0.191 e. The summed E-state index contributed by atoms with van der Waals surface area (Å²) < 4.78 is 5.68. The van der Waals surface area contributed by atoms with Gasteiger partial charge in [0.25, 0.3) is 0 Å². The van der Waals surface area contributed by atoms with E-state index in [2.05, 4.69) is 58.7 Å². The standard InChI is InChI=1S/C22H37N5O/c1-3-23-22(25-17-21-6-4-15-28-21)24-16-19-7-9-20(10-8-19)18-27-12-5-11-26(2)13-14-27/h7-10,21H,3-6,11-18H2,1-2H3,(H2,23,24,25). The van der Waals surface area contributed by atoms with Gasteiger partial charge in [0.2, 0.25) is 0 Å². The Bertz CT molecular complexity index is 597. The van der Waals surface area contributed by atoms with Gasteiger partial charge in [-0.1, -0.05) is 24.3 Å². The van der Waals surface area contributed by atoms with Crippen molar-refractivity contribution in [3.63, 3.8) is 0 Å². The molecule has 2 heterocycles. The zero-order valence-corrected chi connectivity index (χ0v) is 17.6. The minimum atomic E-state index is 0.321. The predicted octanol–water partition coefficient (Wildman–Crippen LogP) is 2.06. The Morgan fingerprint density at radius 3 is 2.64 bits per heavy atom. The molecule has 3 rings (SSSR count). The number of hydrogen-bond acceptors (Lipinski definition) is 4. The van der Waals surface area contributed by atoms with E-state index in [1.165, 1.54) is 43.6 Å². The highest BCUT2D eigenvalue weighted by molar-refractivity contribution is 5.79. The van der Waals surface area contributed by atoms with Crippen molar-refractivity contribution < 1.29 is 4.74 Å². The number of aliphatic imine (C=N–C) groups is 1. The summed E-state index contributed by atoms with van der Waals surface area (Å²) in [6, 6.07) is 8.94. The van der Waals surface area contributed by atoms with Crippen molar-refractivity contribution in [3.05, 3.63) is 35.4 Å². The summed E-state index contributed by atoms with van der Waals surface area (Å²) in [7, 11) is 2.22. The number of likely N-dealkylation sites (N-methyl/N-ethyl adjacent to an activating group) is 1. The highest BCUT2D eigenvalue weighted by atomic mass is 16.5. The van der Waals surface area contributed by atoms with Gasteiger partial charge in [0.05, 0.1) is 12.6 Å². The molecule has 0 aromatic heterocycles. The summed E-state index contributed by atoms with van der Waals surface area (Å²) in [4.78, 5) is 9.72. The third kappa shape index (κ3) is 7.08. The average molecular weight is 388 g/mol. The van der Waals surface area contributed by atoms with Crippen LogP contribution in [0.3, 0.4) is 0 Å². The van der Waals surface area contributed by atoms with Gasteiger partial charge in [-0.05, 0) is 57.5 Å². The van der Waals surface area contributed by atoms with E-state index in [4.69, 9.17) is 9.73 Å². The van der Waals surface area contributed by atoms with E-state index >= 15 is 0 Å². The van der Waals surface area contributed by atoms with Crippen LogP contribution in [0.4, 0.5) is 0 Å². The number of ether oxygens (including phenoxy) is 1. The maximum atomic E-state index is 5.68. The summed E-state index contributed by atoms with van der Waals surface area (Å²) in [6.45, 7) is 11.1. The van der Waals surface area contributed by atoms with Crippen LogP contribution >= 0.6 is 0 Å². The molecular weight excluding hydrogens is 350 g/mol. The van der Waals surface area contributed by atoms with Crippen LogP contribution in [0.2, 0.25) is 0 Å². The Labute approximate surface area is 170 Å². The van der Waals surface area contributed by atoms with Crippen LogP contribution in [-0.2, 0) is 17.8 Å². The van der Waals surface area contributed by atoms with E-state index in [1.54, 1.807) is 0 Å². The molecule has 2 saturated heterocycles. The Hall–Kier alpha value is -1.63. The Kier molecular flexibility index (Phi) is 8.58. The fraction of sp³-hybridized carbons (Fsp3) is 0.682. The second-order valence-corrected chi connectivity index (χ2v) is 7.96. The summed E-state index contributed by atoms with van der Waals surface area (Å²) in [5.74, 6) is 0.871. The molecule has 0 radical (unpaired) electrons. The molecule has 2 N–H and O–H groups in total. The first kappa shape index (κ1) is 21.1. The number of rotatable bonds is 7. The molecule has 0 bridgehead atoms. The van der Waals surface area contributed by atoms with Crippen LogP contribution in [0.25, 0.3) is 0 Å². The van der Waals surface area contributed by atoms with E-state index in [1.807, 2.05) is 0 Å². The molecule has 0 aliphatic carbocycles. The highest BCUT2D eigenvalue weighted by Gasteiger charge is 2.15. The minimum Gasteiger partial charge on any atom is -0.376 e. The molecule has 1 atom stereocenters. The number of benzene rings is 1. The number of guanidine groups is 1. The van der Waals surface area contributed by atoms with Gasteiger partial charge < -0.3 is 20.3 Å². The third-order valence-corrected chi connectivity index (χ3v) is 5.53. The highest BCUT2D eigenvalue weighted by Crippen LogP contribution is 2.12. The largest absolute Gasteiger partial charge is 0.376 e. The molecule has 2 fully saturated rings. The normalized spacial score (nSPS) is 22.2. The lowest BCUT2D eigenvalue weighted by atomic mass is 10.1. The van der Waals surface area contributed by atoms with Crippen molar-refractivity contribution in [2.75, 3.05) is 52.9 Å². The van der Waals surface area contributed by atoms with Gasteiger partial charge in [0.15, 0.2) is 5.96 Å². The second-order valence-electron chi connectivity index (χ2n) is 7.96. The first-order valence-corrected chi connectivity index (χ1v) is 10.9. The zero-order chi connectivity index (χ0) is 19.6. The van der Waals surface area contributed by atoms with E-state index in [-0.39, 0.29) is 0 Å². The van der Waals surface area contributed by atoms with E-state index in [0.29, 0.717) is 12.6 Å². The van der Waals surface area contributed by atoms with Crippen LogP contribution < -0.4 is 10.6 Å².